The zero-order valence-electron chi connectivity index (χ0n) is 19.1. The number of imidazole rings is 1. The molecule has 34 heavy (non-hydrogen) atoms. The van der Waals surface area contributed by atoms with Crippen LogP contribution in [0.2, 0.25) is 0 Å². The fourth-order valence-corrected chi connectivity index (χ4v) is 5.38. The highest BCUT2D eigenvalue weighted by Crippen LogP contribution is 2.39. The van der Waals surface area contributed by atoms with E-state index in [9.17, 15) is 0 Å². The molecule has 6 aromatic rings. The number of aromatic nitrogens is 3. The van der Waals surface area contributed by atoms with Crippen molar-refractivity contribution in [1.29, 1.82) is 0 Å². The van der Waals surface area contributed by atoms with Gasteiger partial charge in [-0.15, -0.1) is 0 Å². The first kappa shape index (κ1) is 20.6. The number of aryl methyl sites for hydroxylation is 1. The summed E-state index contributed by atoms with van der Waals surface area (Å²) in [6, 6.07) is 30.1. The van der Waals surface area contributed by atoms with Gasteiger partial charge >= 0.3 is 0 Å². The van der Waals surface area contributed by atoms with Crippen LogP contribution in [0.5, 0.6) is 0 Å². The number of nitrogens with zero attached hydrogens (tertiary/aromatic N) is 2. The number of para-hydroxylation sites is 1. The summed E-state index contributed by atoms with van der Waals surface area (Å²) < 4.78 is 0. The van der Waals surface area contributed by atoms with Crippen molar-refractivity contribution in [2.45, 2.75) is 31.6 Å². The topological polar surface area (TPSA) is 41.6 Å². The predicted octanol–water partition coefficient (Wildman–Crippen LogP) is 7.61. The molecule has 166 valence electrons. The zero-order chi connectivity index (χ0) is 22.7. The maximum atomic E-state index is 4.43. The fourth-order valence-electron chi connectivity index (χ4n) is 5.38. The molecule has 1 N–H and O–H groups in total. The van der Waals surface area contributed by atoms with Crippen LogP contribution in [0.15, 0.2) is 104 Å². The van der Waals surface area contributed by atoms with Gasteiger partial charge in [0.25, 0.3) is 0 Å². The van der Waals surface area contributed by atoms with Crippen LogP contribution < -0.4 is 0 Å². The van der Waals surface area contributed by atoms with E-state index in [1.165, 1.54) is 51.8 Å². The number of H-pyrrole nitrogens is 1. The van der Waals surface area contributed by atoms with Gasteiger partial charge in [-0.05, 0) is 70.0 Å². The highest BCUT2D eigenvalue weighted by molar-refractivity contribution is 6.08. The lowest BCUT2D eigenvalue weighted by atomic mass is 9.78. The Kier molecular flexibility index (Phi) is 5.52. The first-order valence-electron chi connectivity index (χ1n) is 12.1. The summed E-state index contributed by atoms with van der Waals surface area (Å²) in [7, 11) is 0. The molecule has 0 saturated heterocycles. The molecule has 1 unspecified atom stereocenters. The van der Waals surface area contributed by atoms with Gasteiger partial charge in [-0.2, -0.15) is 0 Å². The van der Waals surface area contributed by atoms with Crippen molar-refractivity contribution in [3.63, 3.8) is 0 Å². The van der Waals surface area contributed by atoms with Gasteiger partial charge in [-0.1, -0.05) is 72.8 Å². The minimum atomic E-state index is 0.579. The van der Waals surface area contributed by atoms with Gasteiger partial charge in [-0.3, -0.25) is 4.98 Å². The zero-order valence-corrected chi connectivity index (χ0v) is 19.1. The molecule has 2 aromatic heterocycles. The number of aromatic amines is 1. The van der Waals surface area contributed by atoms with Crippen molar-refractivity contribution in [2.75, 3.05) is 0 Å². The Morgan fingerprint density at radius 1 is 0.706 bits per heavy atom. The normalized spacial score (nSPS) is 15.1. The van der Waals surface area contributed by atoms with Crippen LogP contribution in [0.25, 0.3) is 32.4 Å². The maximum Gasteiger partial charge on any atom is 0.106 e. The highest BCUT2D eigenvalue weighted by atomic mass is 14.9. The maximum absolute atomic E-state index is 4.43. The molecule has 1 aliphatic carbocycles. The van der Waals surface area contributed by atoms with Crippen LogP contribution in [-0.2, 0) is 12.8 Å². The average molecular weight is 442 g/mol. The second-order valence-electron chi connectivity index (χ2n) is 9.04. The summed E-state index contributed by atoms with van der Waals surface area (Å²) in [5.41, 5.74) is 4.14. The Bertz CT molecular complexity index is 1500. The molecule has 4 aromatic carbocycles. The van der Waals surface area contributed by atoms with E-state index in [1.807, 2.05) is 42.9 Å². The number of benzene rings is 4. The molecular weight excluding hydrogens is 414 g/mol. The Balaban J connectivity index is 0.000000182. The third-order valence-electron chi connectivity index (χ3n) is 7.00. The molecule has 0 spiro atoms. The lowest BCUT2D eigenvalue weighted by Gasteiger charge is -2.26. The van der Waals surface area contributed by atoms with Crippen molar-refractivity contribution < 1.29 is 0 Å². The standard InChI is InChI=1S/C22H20N2.C9H7N/c1-2-6-17-15(4-1)8-9-21-19-7-3-5-16(14-22-23-12-13-24-22)18(19)10-11-20(17)21;1-2-6-9-8(4-1)5-3-7-10-9/h1-2,4,6,8-13,16H,3,5,7,14H2,(H,23,24);1-7H. The van der Waals surface area contributed by atoms with Gasteiger partial charge in [0.15, 0.2) is 0 Å². The van der Waals surface area contributed by atoms with E-state index >= 15 is 0 Å². The van der Waals surface area contributed by atoms with Crippen LogP contribution in [0.4, 0.5) is 0 Å². The molecule has 2 heterocycles. The van der Waals surface area contributed by atoms with Gasteiger partial charge in [0, 0.05) is 30.4 Å². The summed E-state index contributed by atoms with van der Waals surface area (Å²) in [6.45, 7) is 0. The Morgan fingerprint density at radius 3 is 2.41 bits per heavy atom. The van der Waals surface area contributed by atoms with Crippen molar-refractivity contribution in [2.24, 2.45) is 0 Å². The first-order chi connectivity index (χ1) is 16.9. The van der Waals surface area contributed by atoms with E-state index in [0.717, 1.165) is 17.8 Å². The van der Waals surface area contributed by atoms with E-state index in [1.54, 1.807) is 5.56 Å². The minimum absolute atomic E-state index is 0.579. The van der Waals surface area contributed by atoms with E-state index < -0.39 is 0 Å². The number of nitrogens with one attached hydrogen (secondary N) is 1. The van der Waals surface area contributed by atoms with Crippen molar-refractivity contribution in [3.8, 4) is 0 Å². The second-order valence-corrected chi connectivity index (χ2v) is 9.04. The highest BCUT2D eigenvalue weighted by Gasteiger charge is 2.23. The average Bonchev–Trinajstić information content (AvgIpc) is 3.42. The summed E-state index contributed by atoms with van der Waals surface area (Å²) in [4.78, 5) is 11.9. The monoisotopic (exact) mass is 441 g/mol. The molecular formula is C31H27N3. The molecule has 3 nitrogen and oxygen atoms in total. The van der Waals surface area contributed by atoms with E-state index in [2.05, 4.69) is 75.6 Å². The van der Waals surface area contributed by atoms with Crippen LogP contribution in [0.1, 0.15) is 35.7 Å². The predicted molar refractivity (Wildman–Crippen MR) is 141 cm³/mol. The lowest BCUT2D eigenvalue weighted by Crippen LogP contribution is -2.13. The van der Waals surface area contributed by atoms with Gasteiger partial charge in [0.05, 0.1) is 5.52 Å². The Morgan fingerprint density at radius 2 is 1.53 bits per heavy atom. The fraction of sp³-hybridized carbons (Fsp3) is 0.161. The lowest BCUT2D eigenvalue weighted by molar-refractivity contribution is 0.544. The van der Waals surface area contributed by atoms with E-state index in [0.29, 0.717) is 5.92 Å². The van der Waals surface area contributed by atoms with Crippen LogP contribution in [0, 0.1) is 0 Å². The van der Waals surface area contributed by atoms with E-state index in [-0.39, 0.29) is 0 Å². The molecule has 0 fully saturated rings. The molecule has 0 bridgehead atoms. The third-order valence-corrected chi connectivity index (χ3v) is 7.00. The second kappa shape index (κ2) is 9.11. The molecule has 1 atom stereocenters. The van der Waals surface area contributed by atoms with Crippen LogP contribution in [0.3, 0.4) is 0 Å². The summed E-state index contributed by atoms with van der Waals surface area (Å²) in [5.74, 6) is 1.68. The van der Waals surface area contributed by atoms with Crippen LogP contribution in [-0.4, -0.2) is 15.0 Å². The summed E-state index contributed by atoms with van der Waals surface area (Å²) >= 11 is 0. The van der Waals surface area contributed by atoms with Gasteiger partial charge in [0.2, 0.25) is 0 Å². The molecule has 0 saturated carbocycles. The largest absolute Gasteiger partial charge is 0.349 e. The third kappa shape index (κ3) is 3.94. The quantitative estimate of drug-likeness (QED) is 0.281. The molecule has 3 heteroatoms. The summed E-state index contributed by atoms with van der Waals surface area (Å²) in [6.07, 6.45) is 10.3. The molecule has 1 aliphatic rings. The van der Waals surface area contributed by atoms with Crippen molar-refractivity contribution >= 4 is 32.4 Å². The number of hydrogen-bond donors (Lipinski definition) is 1. The number of rotatable bonds is 2. The first-order valence-corrected chi connectivity index (χ1v) is 12.1. The Hall–Kier alpha value is -3.98. The molecule has 0 radical (unpaired) electrons. The molecule has 0 aliphatic heterocycles. The van der Waals surface area contributed by atoms with Crippen molar-refractivity contribution in [3.05, 3.63) is 120 Å². The minimum Gasteiger partial charge on any atom is -0.349 e. The molecule has 0 amide bonds. The van der Waals surface area contributed by atoms with Crippen molar-refractivity contribution in [1.82, 2.24) is 15.0 Å². The van der Waals surface area contributed by atoms with Crippen LogP contribution >= 0.6 is 0 Å². The SMILES string of the molecule is c1ccc2c(c1)ccc1c3c(ccc12)C(Cc1ncc[nH]1)CCC3.c1ccc2ncccc2c1. The number of fused-ring (bicyclic) bond motifs is 6. The Labute approximate surface area is 199 Å². The van der Waals surface area contributed by atoms with E-state index in [4.69, 9.17) is 0 Å². The summed E-state index contributed by atoms with van der Waals surface area (Å²) in [5, 5.41) is 6.73. The number of hydrogen-bond acceptors (Lipinski definition) is 2. The molecule has 7 rings (SSSR count). The smallest absolute Gasteiger partial charge is 0.106 e. The van der Waals surface area contributed by atoms with Gasteiger partial charge < -0.3 is 4.98 Å². The van der Waals surface area contributed by atoms with Gasteiger partial charge in [-0.25, -0.2) is 4.98 Å². The number of pyridine rings is 1. The van der Waals surface area contributed by atoms with Gasteiger partial charge in [0.1, 0.15) is 5.82 Å².